The smallest absolute Gasteiger partial charge is 0.186 e. The summed E-state index contributed by atoms with van der Waals surface area (Å²) in [7, 11) is 3.38. The van der Waals surface area contributed by atoms with Crippen LogP contribution in [0, 0.1) is 0 Å². The zero-order chi connectivity index (χ0) is 23.6. The molecule has 1 aromatic heterocycles. The van der Waals surface area contributed by atoms with E-state index in [-0.39, 0.29) is 0 Å². The highest BCUT2D eigenvalue weighted by atomic mass is 32.1. The van der Waals surface area contributed by atoms with E-state index in [0.29, 0.717) is 13.2 Å². The quantitative estimate of drug-likeness (QED) is 0.358. The van der Waals surface area contributed by atoms with E-state index in [1.165, 1.54) is 11.1 Å². The van der Waals surface area contributed by atoms with Gasteiger partial charge in [0.15, 0.2) is 5.13 Å². The minimum absolute atomic E-state index is 0.533. The van der Waals surface area contributed by atoms with Gasteiger partial charge in [-0.05, 0) is 35.4 Å². The molecule has 0 aliphatic carbocycles. The third kappa shape index (κ3) is 7.17. The van der Waals surface area contributed by atoms with Crippen molar-refractivity contribution < 1.29 is 18.9 Å². The van der Waals surface area contributed by atoms with Crippen molar-refractivity contribution in [3.05, 3.63) is 70.7 Å². The van der Waals surface area contributed by atoms with Gasteiger partial charge in [-0.2, -0.15) is 0 Å². The summed E-state index contributed by atoms with van der Waals surface area (Å²) in [4.78, 5) is 9.72. The fourth-order valence-corrected chi connectivity index (χ4v) is 4.70. The van der Waals surface area contributed by atoms with Gasteiger partial charge in [0.2, 0.25) is 0 Å². The number of hydrogen-bond acceptors (Lipinski definition) is 8. The molecule has 1 aliphatic heterocycles. The Kier molecular flexibility index (Phi) is 9.15. The van der Waals surface area contributed by atoms with E-state index >= 15 is 0 Å². The molecule has 1 fully saturated rings. The monoisotopic (exact) mass is 483 g/mol. The minimum atomic E-state index is 0.533. The number of methoxy groups -OCH3 is 2. The van der Waals surface area contributed by atoms with Crippen molar-refractivity contribution in [3.8, 4) is 11.5 Å². The summed E-state index contributed by atoms with van der Waals surface area (Å²) < 4.78 is 21.8. The summed E-state index contributed by atoms with van der Waals surface area (Å²) in [6.07, 6.45) is 0. The van der Waals surface area contributed by atoms with Crippen molar-refractivity contribution in [2.24, 2.45) is 0 Å². The van der Waals surface area contributed by atoms with Gasteiger partial charge in [0.05, 0.1) is 32.6 Å². The van der Waals surface area contributed by atoms with Crippen LogP contribution in [0.5, 0.6) is 11.5 Å². The Morgan fingerprint density at radius 1 is 0.971 bits per heavy atom. The van der Waals surface area contributed by atoms with Gasteiger partial charge in [-0.3, -0.25) is 4.90 Å². The van der Waals surface area contributed by atoms with Crippen LogP contribution >= 0.6 is 11.3 Å². The highest BCUT2D eigenvalue weighted by molar-refractivity contribution is 7.13. The van der Waals surface area contributed by atoms with Crippen molar-refractivity contribution in [3.63, 3.8) is 0 Å². The third-order valence-corrected chi connectivity index (χ3v) is 6.59. The fourth-order valence-electron chi connectivity index (χ4n) is 3.88. The predicted octanol–water partition coefficient (Wildman–Crippen LogP) is 4.22. The van der Waals surface area contributed by atoms with Crippen molar-refractivity contribution >= 4 is 16.5 Å². The molecule has 0 radical (unpaired) electrons. The lowest BCUT2D eigenvalue weighted by atomic mass is 10.1. The Balaban J connectivity index is 1.51. The van der Waals surface area contributed by atoms with Crippen molar-refractivity contribution in [2.45, 2.75) is 19.6 Å². The van der Waals surface area contributed by atoms with E-state index < -0.39 is 0 Å². The SMILES string of the molecule is COCCOc1cccc(CN(Cc2cccc(OC)c2)c2nc(CN3CCOCC3)cs2)c1. The molecule has 2 aromatic carbocycles. The number of thiazole rings is 1. The zero-order valence-corrected chi connectivity index (χ0v) is 20.8. The van der Waals surface area contributed by atoms with Crippen LogP contribution in [0.15, 0.2) is 53.9 Å². The number of ether oxygens (including phenoxy) is 4. The molecule has 34 heavy (non-hydrogen) atoms. The molecule has 0 bridgehead atoms. The summed E-state index contributed by atoms with van der Waals surface area (Å²) in [6.45, 7) is 6.91. The van der Waals surface area contributed by atoms with E-state index in [0.717, 1.165) is 68.3 Å². The Labute approximate surface area is 205 Å². The van der Waals surface area contributed by atoms with Crippen LogP contribution in [-0.2, 0) is 29.1 Å². The van der Waals surface area contributed by atoms with Gasteiger partial charge in [0.1, 0.15) is 18.1 Å². The molecule has 4 rings (SSSR count). The van der Waals surface area contributed by atoms with Crippen molar-refractivity contribution in [1.82, 2.24) is 9.88 Å². The van der Waals surface area contributed by atoms with Gasteiger partial charge < -0.3 is 23.8 Å². The molecule has 1 saturated heterocycles. The third-order valence-electron chi connectivity index (χ3n) is 5.64. The Morgan fingerprint density at radius 2 is 1.68 bits per heavy atom. The average Bonchev–Trinajstić information content (AvgIpc) is 3.33. The fraction of sp³-hybridized carbons (Fsp3) is 0.423. The molecule has 0 atom stereocenters. The molecule has 2 heterocycles. The zero-order valence-electron chi connectivity index (χ0n) is 19.9. The van der Waals surface area contributed by atoms with Crippen LogP contribution in [0.1, 0.15) is 16.8 Å². The number of benzene rings is 2. The maximum absolute atomic E-state index is 5.82. The number of hydrogen-bond donors (Lipinski definition) is 0. The molecule has 7 nitrogen and oxygen atoms in total. The van der Waals surface area contributed by atoms with E-state index in [1.54, 1.807) is 25.6 Å². The van der Waals surface area contributed by atoms with Gasteiger partial charge in [0, 0.05) is 45.2 Å². The predicted molar refractivity (Wildman–Crippen MR) is 135 cm³/mol. The first kappa shape index (κ1) is 24.5. The molecule has 0 unspecified atom stereocenters. The Bertz CT molecular complexity index is 1020. The summed E-state index contributed by atoms with van der Waals surface area (Å²) >= 11 is 1.69. The molecule has 1 aliphatic rings. The number of nitrogens with zero attached hydrogens (tertiary/aromatic N) is 3. The maximum Gasteiger partial charge on any atom is 0.186 e. The van der Waals surface area contributed by atoms with Crippen LogP contribution in [0.3, 0.4) is 0 Å². The first-order valence-electron chi connectivity index (χ1n) is 11.6. The lowest BCUT2D eigenvalue weighted by molar-refractivity contribution is 0.0337. The molecule has 0 N–H and O–H groups in total. The number of anilines is 1. The maximum atomic E-state index is 5.82. The van der Waals surface area contributed by atoms with Crippen molar-refractivity contribution in [1.29, 1.82) is 0 Å². The number of rotatable bonds is 12. The van der Waals surface area contributed by atoms with Gasteiger partial charge >= 0.3 is 0 Å². The molecule has 182 valence electrons. The molecule has 0 spiro atoms. The van der Waals surface area contributed by atoms with Crippen LogP contribution in [0.2, 0.25) is 0 Å². The standard InChI is InChI=1S/C26H33N3O4S/c1-30-13-14-33-25-8-4-6-22(16-25)18-29(17-21-5-3-7-24(15-21)31-2)26-27-23(20-34-26)19-28-9-11-32-12-10-28/h3-8,15-16,20H,9-14,17-19H2,1-2H3. The molecule has 0 saturated carbocycles. The molecular formula is C26H33N3O4S. The van der Waals surface area contributed by atoms with Crippen LogP contribution < -0.4 is 14.4 Å². The minimum Gasteiger partial charge on any atom is -0.497 e. The topological polar surface area (TPSA) is 56.3 Å². The molecular weight excluding hydrogens is 450 g/mol. The second-order valence-electron chi connectivity index (χ2n) is 8.21. The van der Waals surface area contributed by atoms with Crippen molar-refractivity contribution in [2.75, 3.05) is 58.6 Å². The van der Waals surface area contributed by atoms with E-state index in [1.807, 2.05) is 24.3 Å². The van der Waals surface area contributed by atoms with Crippen LogP contribution in [0.4, 0.5) is 5.13 Å². The summed E-state index contributed by atoms with van der Waals surface area (Å²) in [5.74, 6) is 1.71. The van der Waals surface area contributed by atoms with E-state index in [9.17, 15) is 0 Å². The van der Waals surface area contributed by atoms with Crippen LogP contribution in [-0.4, -0.2) is 63.6 Å². The van der Waals surface area contributed by atoms with Gasteiger partial charge in [-0.1, -0.05) is 24.3 Å². The van der Waals surface area contributed by atoms with Gasteiger partial charge in [-0.25, -0.2) is 4.98 Å². The Morgan fingerprint density at radius 3 is 2.38 bits per heavy atom. The van der Waals surface area contributed by atoms with Gasteiger partial charge in [0.25, 0.3) is 0 Å². The van der Waals surface area contributed by atoms with Gasteiger partial charge in [-0.15, -0.1) is 11.3 Å². The van der Waals surface area contributed by atoms with Crippen LogP contribution in [0.25, 0.3) is 0 Å². The number of morpholine rings is 1. The molecule has 3 aromatic rings. The lowest BCUT2D eigenvalue weighted by Gasteiger charge is -2.26. The highest BCUT2D eigenvalue weighted by Crippen LogP contribution is 2.27. The summed E-state index contributed by atoms with van der Waals surface area (Å²) in [5.41, 5.74) is 3.45. The lowest BCUT2D eigenvalue weighted by Crippen LogP contribution is -2.35. The largest absolute Gasteiger partial charge is 0.497 e. The highest BCUT2D eigenvalue weighted by Gasteiger charge is 2.17. The summed E-state index contributed by atoms with van der Waals surface area (Å²) in [5, 5.41) is 3.19. The first-order chi connectivity index (χ1) is 16.7. The normalized spacial score (nSPS) is 14.2. The summed E-state index contributed by atoms with van der Waals surface area (Å²) in [6, 6.07) is 16.4. The molecule has 8 heteroatoms. The van der Waals surface area contributed by atoms with E-state index in [4.69, 9.17) is 23.9 Å². The second-order valence-corrected chi connectivity index (χ2v) is 9.04. The van der Waals surface area contributed by atoms with E-state index in [2.05, 4.69) is 39.4 Å². The second kappa shape index (κ2) is 12.7. The average molecular weight is 484 g/mol. The number of aromatic nitrogens is 1. The first-order valence-corrected chi connectivity index (χ1v) is 12.4. The molecule has 0 amide bonds. The Hall–Kier alpha value is -2.65.